The largest absolute Gasteiger partial charge is 0.325 e. The van der Waals surface area contributed by atoms with Crippen molar-refractivity contribution in [2.45, 2.75) is 48.7 Å². The number of allylic oxidation sites excluding steroid dienone is 1. The van der Waals surface area contributed by atoms with Crippen molar-refractivity contribution in [3.8, 4) is 0 Å². The lowest BCUT2D eigenvalue weighted by molar-refractivity contribution is -0.115. The van der Waals surface area contributed by atoms with Crippen LogP contribution < -0.4 is 15.6 Å². The average molecular weight is 487 g/mol. The molecule has 2 aromatic carbocycles. The van der Waals surface area contributed by atoms with Crippen molar-refractivity contribution in [2.24, 2.45) is 0 Å². The third-order valence-corrected chi connectivity index (χ3v) is 7.38. The minimum atomic E-state index is -3.61. The lowest BCUT2D eigenvalue weighted by Gasteiger charge is -2.16. The van der Waals surface area contributed by atoms with Gasteiger partial charge in [-0.25, -0.2) is 18.1 Å². The van der Waals surface area contributed by atoms with Crippen LogP contribution in [-0.4, -0.2) is 35.2 Å². The number of nitrogens with zero attached hydrogens (tertiary/aromatic N) is 2. The van der Waals surface area contributed by atoms with Crippen LogP contribution in [0.5, 0.6) is 0 Å². The van der Waals surface area contributed by atoms with Crippen molar-refractivity contribution in [1.82, 2.24) is 14.3 Å². The van der Waals surface area contributed by atoms with E-state index in [4.69, 9.17) is 0 Å². The van der Waals surface area contributed by atoms with Crippen LogP contribution in [0.1, 0.15) is 20.8 Å². The van der Waals surface area contributed by atoms with Gasteiger partial charge in [0.25, 0.3) is 5.56 Å². The van der Waals surface area contributed by atoms with E-state index in [1.807, 2.05) is 0 Å². The van der Waals surface area contributed by atoms with Crippen LogP contribution in [0.3, 0.4) is 0 Å². The molecule has 1 heterocycles. The third-order valence-electron chi connectivity index (χ3n) is 4.61. The number of hydrogen-bond acceptors (Lipinski definition) is 6. The van der Waals surface area contributed by atoms with E-state index in [9.17, 15) is 18.0 Å². The highest BCUT2D eigenvalue weighted by Gasteiger charge is 2.20. The topological polar surface area (TPSA) is 110 Å². The molecule has 174 valence electrons. The zero-order chi connectivity index (χ0) is 24.2. The predicted molar refractivity (Wildman–Crippen MR) is 132 cm³/mol. The summed E-state index contributed by atoms with van der Waals surface area (Å²) in [7, 11) is -3.61. The van der Waals surface area contributed by atoms with E-state index in [0.29, 0.717) is 21.7 Å². The van der Waals surface area contributed by atoms with Gasteiger partial charge in [-0.1, -0.05) is 30.0 Å². The molecule has 0 spiro atoms. The number of anilines is 1. The molecule has 0 saturated heterocycles. The van der Waals surface area contributed by atoms with Gasteiger partial charge in [-0.3, -0.25) is 14.2 Å². The molecule has 0 aliphatic heterocycles. The summed E-state index contributed by atoms with van der Waals surface area (Å²) in [6, 6.07) is 12.8. The van der Waals surface area contributed by atoms with Gasteiger partial charge in [0, 0.05) is 18.3 Å². The monoisotopic (exact) mass is 486 g/mol. The first kappa shape index (κ1) is 24.7. The minimum Gasteiger partial charge on any atom is -0.325 e. The minimum absolute atomic E-state index is 0.116. The molecule has 2 N–H and O–H groups in total. The number of aromatic nitrogens is 2. The molecule has 3 rings (SSSR count). The SMILES string of the molecule is C=CCn1c(SC(C)C(=O)Nc2ccc(S(=O)(=O)NC(C)C)cc2)nc2ccccc2c1=O. The summed E-state index contributed by atoms with van der Waals surface area (Å²) in [5.41, 5.74) is 0.832. The Balaban J connectivity index is 1.77. The van der Waals surface area contributed by atoms with Gasteiger partial charge < -0.3 is 5.32 Å². The Hall–Kier alpha value is -2.95. The van der Waals surface area contributed by atoms with Crippen LogP contribution >= 0.6 is 11.8 Å². The van der Waals surface area contributed by atoms with E-state index < -0.39 is 15.3 Å². The summed E-state index contributed by atoms with van der Waals surface area (Å²) in [6.07, 6.45) is 1.61. The highest BCUT2D eigenvalue weighted by Crippen LogP contribution is 2.24. The maximum absolute atomic E-state index is 12.9. The molecule has 1 aromatic heterocycles. The van der Waals surface area contributed by atoms with E-state index in [0.717, 1.165) is 0 Å². The second kappa shape index (κ2) is 10.3. The van der Waals surface area contributed by atoms with Crippen LogP contribution in [0.4, 0.5) is 5.69 Å². The summed E-state index contributed by atoms with van der Waals surface area (Å²) in [4.78, 5) is 30.3. The third kappa shape index (κ3) is 5.89. The molecule has 0 radical (unpaired) electrons. The summed E-state index contributed by atoms with van der Waals surface area (Å²) in [6.45, 7) is 9.17. The fraction of sp³-hybridized carbons (Fsp3) is 0.261. The molecule has 0 aliphatic rings. The fourth-order valence-electron chi connectivity index (χ4n) is 3.08. The van der Waals surface area contributed by atoms with E-state index in [1.165, 1.54) is 40.6 Å². The van der Waals surface area contributed by atoms with Crippen molar-refractivity contribution < 1.29 is 13.2 Å². The molecule has 3 aromatic rings. The molecule has 1 unspecified atom stereocenters. The zero-order valence-electron chi connectivity index (χ0n) is 18.6. The number of rotatable bonds is 9. The first-order valence-corrected chi connectivity index (χ1v) is 12.7. The maximum Gasteiger partial charge on any atom is 0.262 e. The summed E-state index contributed by atoms with van der Waals surface area (Å²) in [5, 5.41) is 3.13. The van der Waals surface area contributed by atoms with E-state index in [2.05, 4.69) is 21.6 Å². The van der Waals surface area contributed by atoms with Gasteiger partial charge in [-0.2, -0.15) is 0 Å². The molecular formula is C23H26N4O4S2. The molecule has 0 fully saturated rings. The lowest BCUT2D eigenvalue weighted by Crippen LogP contribution is -2.30. The van der Waals surface area contributed by atoms with Gasteiger partial charge in [0.05, 0.1) is 21.0 Å². The van der Waals surface area contributed by atoms with Gasteiger partial charge in [0.1, 0.15) is 0 Å². The fourth-order valence-corrected chi connectivity index (χ4v) is 5.25. The Morgan fingerprint density at radius 2 is 1.82 bits per heavy atom. The number of amides is 1. The summed E-state index contributed by atoms with van der Waals surface area (Å²) < 4.78 is 28.5. The Morgan fingerprint density at radius 1 is 1.15 bits per heavy atom. The first-order valence-electron chi connectivity index (χ1n) is 10.3. The van der Waals surface area contributed by atoms with Crippen molar-refractivity contribution in [3.05, 3.63) is 71.5 Å². The molecule has 1 atom stereocenters. The first-order chi connectivity index (χ1) is 15.6. The van der Waals surface area contributed by atoms with Gasteiger partial charge in [0.2, 0.25) is 15.9 Å². The number of thioether (sulfide) groups is 1. The molecule has 1 amide bonds. The van der Waals surface area contributed by atoms with E-state index >= 15 is 0 Å². The van der Waals surface area contributed by atoms with Crippen LogP contribution in [0.25, 0.3) is 10.9 Å². The Labute approximate surface area is 197 Å². The Kier molecular flexibility index (Phi) is 7.72. The standard InChI is InChI=1S/C23H26N4O4S2/c1-5-14-27-22(29)19-8-6-7-9-20(19)25-23(27)32-16(4)21(28)24-17-10-12-18(13-11-17)33(30,31)26-15(2)3/h5-13,15-16,26H,1,14H2,2-4H3,(H,24,28). The molecular weight excluding hydrogens is 460 g/mol. The normalized spacial score (nSPS) is 12.6. The molecule has 0 aliphatic carbocycles. The molecule has 33 heavy (non-hydrogen) atoms. The van der Waals surface area contributed by atoms with Crippen LogP contribution in [0.2, 0.25) is 0 Å². The smallest absolute Gasteiger partial charge is 0.262 e. The molecule has 0 bridgehead atoms. The van der Waals surface area contributed by atoms with Gasteiger partial charge in [-0.15, -0.1) is 6.58 Å². The lowest BCUT2D eigenvalue weighted by atomic mass is 10.2. The maximum atomic E-state index is 12.9. The van der Waals surface area contributed by atoms with Crippen molar-refractivity contribution in [3.63, 3.8) is 0 Å². The van der Waals surface area contributed by atoms with Gasteiger partial charge >= 0.3 is 0 Å². The van der Waals surface area contributed by atoms with Gasteiger partial charge in [-0.05, 0) is 57.2 Å². The van der Waals surface area contributed by atoms with E-state index in [1.54, 1.807) is 51.1 Å². The average Bonchev–Trinajstić information content (AvgIpc) is 2.76. The number of para-hydroxylation sites is 1. The molecule has 0 saturated carbocycles. The zero-order valence-corrected chi connectivity index (χ0v) is 20.2. The second-order valence-electron chi connectivity index (χ2n) is 7.67. The number of hydrogen-bond donors (Lipinski definition) is 2. The molecule has 10 heteroatoms. The van der Waals surface area contributed by atoms with Crippen LogP contribution in [0.15, 0.2) is 76.0 Å². The highest BCUT2D eigenvalue weighted by molar-refractivity contribution is 8.00. The van der Waals surface area contributed by atoms with Crippen molar-refractivity contribution in [2.75, 3.05) is 5.32 Å². The number of benzene rings is 2. The molecule has 8 nitrogen and oxygen atoms in total. The summed E-state index contributed by atoms with van der Waals surface area (Å²) in [5.74, 6) is -0.302. The Bertz CT molecular complexity index is 1330. The van der Waals surface area contributed by atoms with E-state index in [-0.39, 0.29) is 28.9 Å². The number of nitrogens with one attached hydrogen (secondary N) is 2. The van der Waals surface area contributed by atoms with Crippen molar-refractivity contribution in [1.29, 1.82) is 0 Å². The van der Waals surface area contributed by atoms with Crippen molar-refractivity contribution >= 4 is 44.3 Å². The number of carbonyl (C=O) groups excluding carboxylic acids is 1. The van der Waals surface area contributed by atoms with Crippen LogP contribution in [0, 0.1) is 0 Å². The quantitative estimate of drug-likeness (QED) is 0.273. The summed E-state index contributed by atoms with van der Waals surface area (Å²) >= 11 is 1.17. The number of sulfonamides is 1. The predicted octanol–water partition coefficient (Wildman–Crippen LogP) is 3.39. The van der Waals surface area contributed by atoms with Crippen LogP contribution in [-0.2, 0) is 21.4 Å². The Morgan fingerprint density at radius 3 is 2.45 bits per heavy atom. The van der Waals surface area contributed by atoms with Gasteiger partial charge in [0.15, 0.2) is 5.16 Å². The highest BCUT2D eigenvalue weighted by atomic mass is 32.2. The number of carbonyl (C=O) groups is 1. The second-order valence-corrected chi connectivity index (χ2v) is 10.7. The number of fused-ring (bicyclic) bond motifs is 1.